The minimum atomic E-state index is -0.221. The summed E-state index contributed by atoms with van der Waals surface area (Å²) in [5.41, 5.74) is 1.44. The lowest BCUT2D eigenvalue weighted by molar-refractivity contribution is 0.0845. The van der Waals surface area contributed by atoms with Gasteiger partial charge in [0.15, 0.2) is 5.82 Å². The second-order valence-corrected chi connectivity index (χ2v) is 7.70. The van der Waals surface area contributed by atoms with Crippen molar-refractivity contribution in [2.45, 2.75) is 44.9 Å². The minimum Gasteiger partial charge on any atom is -0.381 e. The maximum atomic E-state index is 12.3. The third-order valence-electron chi connectivity index (χ3n) is 3.88. The predicted molar refractivity (Wildman–Crippen MR) is 90.1 cm³/mol. The first kappa shape index (κ1) is 16.1. The monoisotopic (exact) mass is 334 g/mol. The number of nitrogens with zero attached hydrogens (tertiary/aromatic N) is 2. The van der Waals surface area contributed by atoms with E-state index in [1.165, 1.54) is 11.3 Å². The second-order valence-electron chi connectivity index (χ2n) is 6.84. The van der Waals surface area contributed by atoms with Crippen molar-refractivity contribution in [3.8, 4) is 0 Å². The molecule has 0 bridgehead atoms. The van der Waals surface area contributed by atoms with Gasteiger partial charge in [-0.15, -0.1) is 11.3 Å². The van der Waals surface area contributed by atoms with Crippen LogP contribution in [0.3, 0.4) is 0 Å². The predicted octanol–water partition coefficient (Wildman–Crippen LogP) is 3.31. The summed E-state index contributed by atoms with van der Waals surface area (Å²) in [5, 5.41) is 12.8. The third kappa shape index (κ3) is 3.79. The van der Waals surface area contributed by atoms with Crippen LogP contribution in [0.2, 0.25) is 0 Å². The second kappa shape index (κ2) is 6.41. The number of aromatic nitrogens is 3. The van der Waals surface area contributed by atoms with E-state index in [1.54, 1.807) is 5.38 Å². The van der Waals surface area contributed by atoms with Crippen LogP contribution >= 0.6 is 11.3 Å². The maximum absolute atomic E-state index is 12.3. The Hall–Kier alpha value is -1.73. The molecule has 2 aromatic rings. The summed E-state index contributed by atoms with van der Waals surface area (Å²) in [4.78, 5) is 16.7. The molecule has 6 nitrogen and oxygen atoms in total. The highest BCUT2D eigenvalue weighted by Crippen LogP contribution is 2.28. The highest BCUT2D eigenvalue weighted by atomic mass is 32.1. The zero-order chi connectivity index (χ0) is 16.4. The molecular weight excluding hydrogens is 312 g/mol. The first-order valence-corrected chi connectivity index (χ1v) is 8.72. The van der Waals surface area contributed by atoms with Gasteiger partial charge in [0.25, 0.3) is 5.91 Å². The fraction of sp³-hybridized carbons (Fsp3) is 0.562. The molecule has 0 spiro atoms. The van der Waals surface area contributed by atoms with E-state index in [0.717, 1.165) is 36.8 Å². The molecular formula is C16H22N4O2S. The Morgan fingerprint density at radius 2 is 2.13 bits per heavy atom. The number of hydrogen-bond donors (Lipinski definition) is 2. The van der Waals surface area contributed by atoms with E-state index in [1.807, 2.05) is 6.07 Å². The van der Waals surface area contributed by atoms with E-state index < -0.39 is 0 Å². The number of amides is 1. The van der Waals surface area contributed by atoms with Crippen molar-refractivity contribution < 1.29 is 9.53 Å². The van der Waals surface area contributed by atoms with Gasteiger partial charge in [-0.1, -0.05) is 20.8 Å². The fourth-order valence-corrected chi connectivity index (χ4v) is 3.41. The number of hydrogen-bond acceptors (Lipinski definition) is 5. The Kier molecular flexibility index (Phi) is 4.50. The normalized spacial score (nSPS) is 16.5. The van der Waals surface area contributed by atoms with Crippen LogP contribution in [0.15, 0.2) is 11.4 Å². The molecule has 0 unspecified atom stereocenters. The number of nitrogens with one attached hydrogen (secondary N) is 2. The molecule has 0 saturated carbocycles. The molecule has 2 aromatic heterocycles. The molecule has 1 aliphatic heterocycles. The zero-order valence-corrected chi connectivity index (χ0v) is 14.5. The largest absolute Gasteiger partial charge is 0.381 e. The Bertz CT molecular complexity index is 680. The molecule has 1 saturated heterocycles. The van der Waals surface area contributed by atoms with Crippen molar-refractivity contribution in [1.29, 1.82) is 0 Å². The van der Waals surface area contributed by atoms with E-state index in [-0.39, 0.29) is 11.3 Å². The summed E-state index contributed by atoms with van der Waals surface area (Å²) in [6.45, 7) is 7.81. The first-order valence-electron chi connectivity index (χ1n) is 7.84. The highest BCUT2D eigenvalue weighted by Gasteiger charge is 2.22. The lowest BCUT2D eigenvalue weighted by Crippen LogP contribution is -2.15. The van der Waals surface area contributed by atoms with Crippen molar-refractivity contribution in [2.24, 2.45) is 0 Å². The molecule has 124 valence electrons. The van der Waals surface area contributed by atoms with Crippen LogP contribution in [0.4, 0.5) is 5.82 Å². The quantitative estimate of drug-likeness (QED) is 0.902. The van der Waals surface area contributed by atoms with E-state index in [0.29, 0.717) is 17.4 Å². The van der Waals surface area contributed by atoms with E-state index in [2.05, 4.69) is 41.3 Å². The molecule has 1 aliphatic rings. The number of carbonyl (C=O) groups is 1. The van der Waals surface area contributed by atoms with Crippen LogP contribution in [0.1, 0.15) is 60.7 Å². The SMILES string of the molecule is CC(C)(C)c1nc(C(=O)Nc2cc(C3CCOCC3)[nH]n2)cs1. The van der Waals surface area contributed by atoms with Gasteiger partial charge in [0.05, 0.1) is 5.01 Å². The van der Waals surface area contributed by atoms with Crippen molar-refractivity contribution in [3.63, 3.8) is 0 Å². The average Bonchev–Trinajstić information content (AvgIpc) is 3.17. The molecule has 7 heteroatoms. The molecule has 1 amide bonds. The summed E-state index contributed by atoms with van der Waals surface area (Å²) < 4.78 is 5.37. The number of carbonyl (C=O) groups excluding carboxylic acids is 1. The molecule has 0 radical (unpaired) electrons. The van der Waals surface area contributed by atoms with Crippen molar-refractivity contribution in [2.75, 3.05) is 18.5 Å². The molecule has 1 fully saturated rings. The van der Waals surface area contributed by atoms with Gasteiger partial charge in [-0.05, 0) is 12.8 Å². The van der Waals surface area contributed by atoms with Gasteiger partial charge < -0.3 is 10.1 Å². The molecule has 23 heavy (non-hydrogen) atoms. The highest BCUT2D eigenvalue weighted by molar-refractivity contribution is 7.10. The van der Waals surface area contributed by atoms with Gasteiger partial charge in [0, 0.05) is 41.7 Å². The Balaban J connectivity index is 1.66. The molecule has 2 N–H and O–H groups in total. The Labute approximate surface area is 139 Å². The van der Waals surface area contributed by atoms with Gasteiger partial charge >= 0.3 is 0 Å². The van der Waals surface area contributed by atoms with Gasteiger partial charge in [0.1, 0.15) is 5.69 Å². The third-order valence-corrected chi connectivity index (χ3v) is 5.15. The first-order chi connectivity index (χ1) is 10.9. The zero-order valence-electron chi connectivity index (χ0n) is 13.7. The van der Waals surface area contributed by atoms with Crippen LogP contribution in [0.25, 0.3) is 0 Å². The van der Waals surface area contributed by atoms with Crippen LogP contribution in [-0.4, -0.2) is 34.3 Å². The number of ether oxygens (including phenoxy) is 1. The number of aromatic amines is 1. The van der Waals surface area contributed by atoms with Crippen molar-refractivity contribution in [1.82, 2.24) is 15.2 Å². The number of rotatable bonds is 3. The molecule has 0 aromatic carbocycles. The molecule has 3 rings (SSSR count). The van der Waals surface area contributed by atoms with Crippen LogP contribution in [0, 0.1) is 0 Å². The maximum Gasteiger partial charge on any atom is 0.276 e. The molecule has 0 aliphatic carbocycles. The summed E-state index contributed by atoms with van der Waals surface area (Å²) in [5.74, 6) is 0.747. The van der Waals surface area contributed by atoms with E-state index >= 15 is 0 Å². The molecule has 0 atom stereocenters. The summed E-state index contributed by atoms with van der Waals surface area (Å²) in [7, 11) is 0. The van der Waals surface area contributed by atoms with Crippen LogP contribution in [-0.2, 0) is 10.2 Å². The van der Waals surface area contributed by atoms with E-state index in [4.69, 9.17) is 4.74 Å². The summed E-state index contributed by atoms with van der Waals surface area (Å²) in [6, 6.07) is 1.91. The Morgan fingerprint density at radius 3 is 2.78 bits per heavy atom. The topological polar surface area (TPSA) is 79.9 Å². The summed E-state index contributed by atoms with van der Waals surface area (Å²) in [6.07, 6.45) is 1.97. The summed E-state index contributed by atoms with van der Waals surface area (Å²) >= 11 is 1.51. The van der Waals surface area contributed by atoms with Crippen molar-refractivity contribution >= 4 is 23.1 Å². The van der Waals surface area contributed by atoms with E-state index in [9.17, 15) is 4.79 Å². The van der Waals surface area contributed by atoms with Gasteiger partial charge in [-0.2, -0.15) is 5.10 Å². The van der Waals surface area contributed by atoms with Crippen molar-refractivity contribution in [3.05, 3.63) is 27.8 Å². The van der Waals surface area contributed by atoms with Crippen LogP contribution < -0.4 is 5.32 Å². The fourth-order valence-electron chi connectivity index (χ4n) is 2.52. The number of H-pyrrole nitrogens is 1. The number of anilines is 1. The Morgan fingerprint density at radius 1 is 1.39 bits per heavy atom. The van der Waals surface area contributed by atoms with Crippen LogP contribution in [0.5, 0.6) is 0 Å². The average molecular weight is 334 g/mol. The van der Waals surface area contributed by atoms with Gasteiger partial charge in [-0.25, -0.2) is 4.98 Å². The lowest BCUT2D eigenvalue weighted by atomic mass is 9.97. The smallest absolute Gasteiger partial charge is 0.276 e. The van der Waals surface area contributed by atoms with Gasteiger partial charge in [-0.3, -0.25) is 9.89 Å². The lowest BCUT2D eigenvalue weighted by Gasteiger charge is -2.20. The van der Waals surface area contributed by atoms with Gasteiger partial charge in [0.2, 0.25) is 0 Å². The number of thiazole rings is 1. The minimum absolute atomic E-state index is 0.0498. The molecule has 3 heterocycles. The standard InChI is InChI=1S/C16H22N4O2S/c1-16(2,3)15-17-12(9-23-15)14(21)18-13-8-11(19-20-13)10-4-6-22-7-5-10/h8-10H,4-7H2,1-3H3,(H2,18,19,20,21).